The first-order chi connectivity index (χ1) is 17.9. The fourth-order valence-electron chi connectivity index (χ4n) is 5.03. The molecule has 2 fully saturated rings. The number of esters is 2. The predicted molar refractivity (Wildman–Crippen MR) is 144 cm³/mol. The normalized spacial score (nSPS) is 18.0. The third-order valence-electron chi connectivity index (χ3n) is 7.06. The van der Waals surface area contributed by atoms with E-state index in [9.17, 15) is 9.59 Å². The first-order valence-electron chi connectivity index (χ1n) is 13.4. The second-order valence-corrected chi connectivity index (χ2v) is 10.1. The van der Waals surface area contributed by atoms with Gasteiger partial charge in [0.15, 0.2) is 0 Å². The number of rotatable bonds is 10. The molecule has 0 atom stereocenters. The van der Waals surface area contributed by atoms with Crippen molar-refractivity contribution >= 4 is 11.9 Å². The Morgan fingerprint density at radius 3 is 1.22 bits per heavy atom. The van der Waals surface area contributed by atoms with Gasteiger partial charge in [0.05, 0.1) is 0 Å². The molecule has 0 N–H and O–H groups in total. The summed E-state index contributed by atoms with van der Waals surface area (Å²) in [5.41, 5.74) is 2.50. The average molecular weight is 509 g/mol. The van der Waals surface area contributed by atoms with Crippen molar-refractivity contribution in [3.8, 4) is 11.5 Å². The van der Waals surface area contributed by atoms with Crippen LogP contribution in [0.15, 0.2) is 48.5 Å². The Kier molecular flexibility index (Phi) is 10.1. The zero-order valence-electron chi connectivity index (χ0n) is 22.2. The monoisotopic (exact) mass is 508 g/mol. The Morgan fingerprint density at radius 1 is 0.568 bits per heavy atom. The maximum atomic E-state index is 11.1. The van der Waals surface area contributed by atoms with Crippen LogP contribution < -0.4 is 9.47 Å². The molecule has 2 aliphatic rings. The highest BCUT2D eigenvalue weighted by Crippen LogP contribution is 2.16. The van der Waals surface area contributed by atoms with Crippen LogP contribution in [0.3, 0.4) is 0 Å². The molecule has 200 valence electrons. The average Bonchev–Trinajstić information content (AvgIpc) is 2.88. The largest absolute Gasteiger partial charge is 0.427 e. The summed E-state index contributed by atoms with van der Waals surface area (Å²) in [5.74, 6) is 0.643. The summed E-state index contributed by atoms with van der Waals surface area (Å²) in [6, 6.07) is 15.7. The lowest BCUT2D eigenvalue weighted by molar-refractivity contribution is -0.132. The number of hydrogen-bond donors (Lipinski definition) is 0. The van der Waals surface area contributed by atoms with Crippen molar-refractivity contribution in [2.75, 3.05) is 65.4 Å². The van der Waals surface area contributed by atoms with Gasteiger partial charge in [-0.25, -0.2) is 0 Å². The molecular weight excluding hydrogens is 468 g/mol. The fraction of sp³-hybridized carbons (Fsp3) is 0.517. The van der Waals surface area contributed by atoms with E-state index in [-0.39, 0.29) is 11.9 Å². The lowest BCUT2D eigenvalue weighted by atomic mass is 10.2. The molecule has 37 heavy (non-hydrogen) atoms. The molecule has 2 heterocycles. The Bertz CT molecular complexity index is 914. The van der Waals surface area contributed by atoms with Crippen LogP contribution in [0.2, 0.25) is 0 Å². The second kappa shape index (κ2) is 13.7. The quantitative estimate of drug-likeness (QED) is 0.359. The Balaban J connectivity index is 1.07. The molecule has 0 bridgehead atoms. The van der Waals surface area contributed by atoms with Gasteiger partial charge in [0.25, 0.3) is 0 Å². The van der Waals surface area contributed by atoms with Gasteiger partial charge < -0.3 is 19.3 Å². The highest BCUT2D eigenvalue weighted by Gasteiger charge is 2.19. The van der Waals surface area contributed by atoms with Crippen LogP contribution in [0.4, 0.5) is 0 Å². The van der Waals surface area contributed by atoms with Gasteiger partial charge in [-0.05, 0) is 54.9 Å². The van der Waals surface area contributed by atoms with Crippen LogP contribution in [0.1, 0.15) is 31.4 Å². The zero-order chi connectivity index (χ0) is 26.0. The summed E-state index contributed by atoms with van der Waals surface area (Å²) in [5, 5.41) is 0. The molecule has 2 aliphatic heterocycles. The van der Waals surface area contributed by atoms with Gasteiger partial charge >= 0.3 is 11.9 Å². The van der Waals surface area contributed by atoms with E-state index in [0.29, 0.717) is 11.5 Å². The topological polar surface area (TPSA) is 65.6 Å². The Hall–Kier alpha value is -2.78. The summed E-state index contributed by atoms with van der Waals surface area (Å²) in [4.78, 5) is 32.3. The van der Waals surface area contributed by atoms with Crippen molar-refractivity contribution in [2.24, 2.45) is 0 Å². The van der Waals surface area contributed by atoms with E-state index in [1.54, 1.807) is 0 Å². The minimum atomic E-state index is -0.285. The SMILES string of the molecule is CC(=O)Oc1ccc(CN2CCN(CCCN3CCN(Cc4ccc(OC(C)=O)cc4)CC3)CC2)cc1. The molecule has 8 heteroatoms. The molecule has 0 aromatic heterocycles. The number of piperazine rings is 2. The van der Waals surface area contributed by atoms with Gasteiger partial charge in [0.1, 0.15) is 11.5 Å². The molecule has 0 spiro atoms. The molecule has 0 amide bonds. The van der Waals surface area contributed by atoms with Gasteiger partial charge in [-0.2, -0.15) is 0 Å². The summed E-state index contributed by atoms with van der Waals surface area (Å²) in [6.07, 6.45) is 1.22. The maximum Gasteiger partial charge on any atom is 0.308 e. The van der Waals surface area contributed by atoms with Crippen molar-refractivity contribution < 1.29 is 19.1 Å². The Morgan fingerprint density at radius 2 is 0.892 bits per heavy atom. The highest BCUT2D eigenvalue weighted by molar-refractivity contribution is 5.69. The second-order valence-electron chi connectivity index (χ2n) is 10.1. The lowest BCUT2D eigenvalue weighted by Gasteiger charge is -2.36. The first-order valence-corrected chi connectivity index (χ1v) is 13.4. The fourth-order valence-corrected chi connectivity index (χ4v) is 5.03. The molecule has 8 nitrogen and oxygen atoms in total. The van der Waals surface area contributed by atoms with Gasteiger partial charge in [0.2, 0.25) is 0 Å². The molecule has 2 aromatic carbocycles. The van der Waals surface area contributed by atoms with Crippen LogP contribution in [-0.4, -0.2) is 97.0 Å². The minimum Gasteiger partial charge on any atom is -0.427 e. The van der Waals surface area contributed by atoms with E-state index >= 15 is 0 Å². The number of nitrogens with zero attached hydrogens (tertiary/aromatic N) is 4. The molecule has 0 aliphatic carbocycles. The third kappa shape index (κ3) is 9.23. The van der Waals surface area contributed by atoms with Crippen molar-refractivity contribution in [1.82, 2.24) is 19.6 Å². The molecule has 2 aromatic rings. The summed E-state index contributed by atoms with van der Waals surface area (Å²) < 4.78 is 10.2. The number of carbonyl (C=O) groups excluding carboxylic acids is 2. The summed E-state index contributed by atoms with van der Waals surface area (Å²) in [6.45, 7) is 15.9. The van der Waals surface area contributed by atoms with Crippen LogP contribution in [0.5, 0.6) is 11.5 Å². The molecule has 2 saturated heterocycles. The van der Waals surface area contributed by atoms with E-state index in [1.807, 2.05) is 48.5 Å². The number of carbonyl (C=O) groups is 2. The Labute approximate surface area is 220 Å². The number of benzene rings is 2. The molecule has 0 radical (unpaired) electrons. The first kappa shape index (κ1) is 27.3. The molecule has 0 unspecified atom stereocenters. The van der Waals surface area contributed by atoms with Crippen molar-refractivity contribution in [3.05, 3.63) is 59.7 Å². The van der Waals surface area contributed by atoms with Crippen LogP contribution in [0.25, 0.3) is 0 Å². The van der Waals surface area contributed by atoms with Crippen molar-refractivity contribution in [3.63, 3.8) is 0 Å². The zero-order valence-corrected chi connectivity index (χ0v) is 22.2. The van der Waals surface area contributed by atoms with Gasteiger partial charge in [-0.3, -0.25) is 19.4 Å². The van der Waals surface area contributed by atoms with Crippen LogP contribution in [-0.2, 0) is 22.7 Å². The maximum absolute atomic E-state index is 11.1. The van der Waals surface area contributed by atoms with Crippen molar-refractivity contribution in [2.45, 2.75) is 33.4 Å². The van der Waals surface area contributed by atoms with Crippen LogP contribution >= 0.6 is 0 Å². The predicted octanol–water partition coefficient (Wildman–Crippen LogP) is 2.86. The summed E-state index contributed by atoms with van der Waals surface area (Å²) >= 11 is 0. The van der Waals surface area contributed by atoms with E-state index in [0.717, 1.165) is 65.4 Å². The lowest BCUT2D eigenvalue weighted by Crippen LogP contribution is -2.48. The minimum absolute atomic E-state index is 0.285. The van der Waals surface area contributed by atoms with E-state index < -0.39 is 0 Å². The summed E-state index contributed by atoms with van der Waals surface area (Å²) in [7, 11) is 0. The van der Waals surface area contributed by atoms with Gasteiger partial charge in [-0.1, -0.05) is 24.3 Å². The third-order valence-corrected chi connectivity index (χ3v) is 7.06. The molecule has 0 saturated carbocycles. The smallest absolute Gasteiger partial charge is 0.308 e. The van der Waals surface area contributed by atoms with Gasteiger partial charge in [-0.15, -0.1) is 0 Å². The standard InChI is InChI=1S/C29H40N4O4/c1-24(34)36-28-8-4-26(5-9-28)22-32-18-14-30(15-19-32)12-3-13-31-16-20-33(21-17-31)23-27-6-10-29(11-7-27)37-25(2)35/h4-11H,3,12-23H2,1-2H3. The van der Waals surface area contributed by atoms with Gasteiger partial charge in [0, 0.05) is 79.3 Å². The van der Waals surface area contributed by atoms with E-state index in [2.05, 4.69) is 19.6 Å². The van der Waals surface area contributed by atoms with E-state index in [1.165, 1.54) is 44.5 Å². The highest BCUT2D eigenvalue weighted by atomic mass is 16.5. The number of hydrogen-bond acceptors (Lipinski definition) is 8. The van der Waals surface area contributed by atoms with Crippen molar-refractivity contribution in [1.29, 1.82) is 0 Å². The van der Waals surface area contributed by atoms with E-state index in [4.69, 9.17) is 9.47 Å². The molecular formula is C29H40N4O4. The number of ether oxygens (including phenoxy) is 2. The molecule has 4 rings (SSSR count). The van der Waals surface area contributed by atoms with Crippen LogP contribution in [0, 0.1) is 0 Å².